The maximum atomic E-state index is 12.1. The van der Waals surface area contributed by atoms with Crippen LogP contribution in [0.15, 0.2) is 51.4 Å². The van der Waals surface area contributed by atoms with E-state index in [9.17, 15) is 4.79 Å². The van der Waals surface area contributed by atoms with Gasteiger partial charge in [0.1, 0.15) is 11.5 Å². The van der Waals surface area contributed by atoms with Crippen LogP contribution < -0.4 is 10.1 Å². The average Bonchev–Trinajstić information content (AvgIpc) is 3.17. The molecule has 0 radical (unpaired) electrons. The summed E-state index contributed by atoms with van der Waals surface area (Å²) in [6, 6.07) is 12.4. The number of amides is 1. The van der Waals surface area contributed by atoms with Crippen molar-refractivity contribution in [1.82, 2.24) is 10.5 Å². The van der Waals surface area contributed by atoms with Crippen LogP contribution in [0, 0.1) is 13.8 Å². The molecule has 0 atom stereocenters. The summed E-state index contributed by atoms with van der Waals surface area (Å²) in [7, 11) is 0. The number of rotatable bonds is 6. The molecular formula is C18H18N2O4. The van der Waals surface area contributed by atoms with Crippen LogP contribution in [0.2, 0.25) is 0 Å². The zero-order chi connectivity index (χ0) is 16.9. The SMILES string of the molecule is Cc1noc(C)c1CCNC(=O)c1ccc(Oc2ccccc2)o1. The normalized spacial score (nSPS) is 10.6. The van der Waals surface area contributed by atoms with Gasteiger partial charge in [-0.1, -0.05) is 23.4 Å². The Bertz CT molecular complexity index is 801. The largest absolute Gasteiger partial charge is 0.426 e. The standard InChI is InChI=1S/C18H18N2O4/c1-12-15(13(2)24-20-12)10-11-19-18(21)16-8-9-17(23-16)22-14-6-4-3-5-7-14/h3-9H,10-11H2,1-2H3,(H,19,21). The third-order valence-corrected chi connectivity index (χ3v) is 3.61. The van der Waals surface area contributed by atoms with E-state index >= 15 is 0 Å². The highest BCUT2D eigenvalue weighted by molar-refractivity contribution is 5.91. The van der Waals surface area contributed by atoms with Crippen LogP contribution in [0.25, 0.3) is 0 Å². The van der Waals surface area contributed by atoms with Gasteiger partial charge in [0.25, 0.3) is 11.9 Å². The van der Waals surface area contributed by atoms with Gasteiger partial charge in [-0.15, -0.1) is 0 Å². The van der Waals surface area contributed by atoms with Crippen molar-refractivity contribution >= 4 is 5.91 Å². The van der Waals surface area contributed by atoms with Crippen molar-refractivity contribution < 1.29 is 18.5 Å². The summed E-state index contributed by atoms with van der Waals surface area (Å²) in [5.41, 5.74) is 1.86. The number of aromatic nitrogens is 1. The van der Waals surface area contributed by atoms with Crippen molar-refractivity contribution in [2.24, 2.45) is 0 Å². The van der Waals surface area contributed by atoms with E-state index in [2.05, 4.69) is 10.5 Å². The molecule has 2 heterocycles. The molecule has 124 valence electrons. The van der Waals surface area contributed by atoms with Gasteiger partial charge in [0, 0.05) is 18.2 Å². The summed E-state index contributed by atoms with van der Waals surface area (Å²) in [5, 5.41) is 6.70. The minimum Gasteiger partial charge on any atom is -0.426 e. The highest BCUT2D eigenvalue weighted by atomic mass is 16.6. The molecule has 0 saturated heterocycles. The van der Waals surface area contributed by atoms with Crippen molar-refractivity contribution in [3.05, 3.63) is 65.2 Å². The van der Waals surface area contributed by atoms with Gasteiger partial charge in [-0.05, 0) is 38.5 Å². The molecule has 1 N–H and O–H groups in total. The minimum atomic E-state index is -0.287. The Labute approximate surface area is 139 Å². The fourth-order valence-corrected chi connectivity index (χ4v) is 2.35. The molecule has 1 aromatic carbocycles. The lowest BCUT2D eigenvalue weighted by atomic mass is 10.1. The van der Waals surface area contributed by atoms with Gasteiger partial charge in [-0.2, -0.15) is 0 Å². The Morgan fingerprint density at radius 1 is 1.17 bits per heavy atom. The Morgan fingerprint density at radius 3 is 2.67 bits per heavy atom. The van der Waals surface area contributed by atoms with Crippen LogP contribution in [0.3, 0.4) is 0 Å². The van der Waals surface area contributed by atoms with E-state index in [1.165, 1.54) is 0 Å². The van der Waals surface area contributed by atoms with Gasteiger partial charge in [-0.3, -0.25) is 4.79 Å². The molecule has 0 bridgehead atoms. The fraction of sp³-hybridized carbons (Fsp3) is 0.222. The zero-order valence-electron chi connectivity index (χ0n) is 13.5. The monoisotopic (exact) mass is 326 g/mol. The number of aryl methyl sites for hydroxylation is 2. The maximum absolute atomic E-state index is 12.1. The lowest BCUT2D eigenvalue weighted by Crippen LogP contribution is -2.25. The van der Waals surface area contributed by atoms with E-state index in [4.69, 9.17) is 13.7 Å². The molecule has 1 amide bonds. The molecule has 2 aromatic heterocycles. The van der Waals surface area contributed by atoms with Crippen molar-refractivity contribution in [3.8, 4) is 11.7 Å². The van der Waals surface area contributed by atoms with Crippen molar-refractivity contribution in [1.29, 1.82) is 0 Å². The number of para-hydroxylation sites is 1. The number of furan rings is 1. The number of hydrogen-bond acceptors (Lipinski definition) is 5. The number of ether oxygens (including phenoxy) is 1. The molecule has 0 spiro atoms. The lowest BCUT2D eigenvalue weighted by molar-refractivity contribution is 0.0921. The first-order chi connectivity index (χ1) is 11.6. The molecule has 0 unspecified atom stereocenters. The molecule has 0 saturated carbocycles. The second-order valence-electron chi connectivity index (χ2n) is 5.34. The zero-order valence-corrected chi connectivity index (χ0v) is 13.5. The Morgan fingerprint density at radius 2 is 1.96 bits per heavy atom. The van der Waals surface area contributed by atoms with Crippen LogP contribution in [0.1, 0.15) is 27.6 Å². The van der Waals surface area contributed by atoms with Gasteiger partial charge >= 0.3 is 0 Å². The number of nitrogens with zero attached hydrogens (tertiary/aromatic N) is 1. The number of carbonyl (C=O) groups is 1. The summed E-state index contributed by atoms with van der Waals surface area (Å²) in [5.74, 6) is 1.62. The molecule has 6 heteroatoms. The highest BCUT2D eigenvalue weighted by Gasteiger charge is 2.13. The van der Waals surface area contributed by atoms with E-state index in [0.717, 1.165) is 17.0 Å². The van der Waals surface area contributed by atoms with Crippen LogP contribution in [0.4, 0.5) is 0 Å². The second-order valence-corrected chi connectivity index (χ2v) is 5.34. The van der Waals surface area contributed by atoms with Gasteiger partial charge in [0.2, 0.25) is 0 Å². The van der Waals surface area contributed by atoms with Gasteiger partial charge in [0.05, 0.1) is 5.69 Å². The van der Waals surface area contributed by atoms with E-state index in [0.29, 0.717) is 18.7 Å². The van der Waals surface area contributed by atoms with Gasteiger partial charge in [-0.25, -0.2) is 0 Å². The highest BCUT2D eigenvalue weighted by Crippen LogP contribution is 2.23. The Balaban J connectivity index is 1.54. The van der Waals surface area contributed by atoms with Crippen LogP contribution in [0.5, 0.6) is 11.7 Å². The fourth-order valence-electron chi connectivity index (χ4n) is 2.35. The smallest absolute Gasteiger partial charge is 0.290 e. The molecule has 24 heavy (non-hydrogen) atoms. The molecule has 6 nitrogen and oxygen atoms in total. The summed E-state index contributed by atoms with van der Waals surface area (Å²) in [6.07, 6.45) is 0.654. The predicted octanol–water partition coefficient (Wildman–Crippen LogP) is 3.65. The third-order valence-electron chi connectivity index (χ3n) is 3.61. The molecule has 3 rings (SSSR count). The van der Waals surface area contributed by atoms with E-state index in [1.54, 1.807) is 12.1 Å². The maximum Gasteiger partial charge on any atom is 0.290 e. The summed E-state index contributed by atoms with van der Waals surface area (Å²) in [6.45, 7) is 4.21. The third kappa shape index (κ3) is 3.65. The summed E-state index contributed by atoms with van der Waals surface area (Å²) < 4.78 is 16.1. The van der Waals surface area contributed by atoms with E-state index in [1.807, 2.05) is 44.2 Å². The van der Waals surface area contributed by atoms with Crippen molar-refractivity contribution in [3.63, 3.8) is 0 Å². The molecule has 3 aromatic rings. The molecule has 0 fully saturated rings. The van der Waals surface area contributed by atoms with Gasteiger partial charge < -0.3 is 19.0 Å². The minimum absolute atomic E-state index is 0.208. The Hall–Kier alpha value is -3.02. The average molecular weight is 326 g/mol. The second kappa shape index (κ2) is 7.04. The van der Waals surface area contributed by atoms with Crippen LogP contribution >= 0.6 is 0 Å². The van der Waals surface area contributed by atoms with E-state index < -0.39 is 0 Å². The first-order valence-corrected chi connectivity index (χ1v) is 7.66. The molecular weight excluding hydrogens is 308 g/mol. The Kier molecular flexibility index (Phi) is 4.65. The summed E-state index contributed by atoms with van der Waals surface area (Å²) in [4.78, 5) is 12.1. The van der Waals surface area contributed by atoms with Crippen molar-refractivity contribution in [2.75, 3.05) is 6.54 Å². The number of carbonyl (C=O) groups excluding carboxylic acids is 1. The first-order valence-electron chi connectivity index (χ1n) is 7.66. The number of hydrogen-bond donors (Lipinski definition) is 1. The number of nitrogens with one attached hydrogen (secondary N) is 1. The molecule has 0 aliphatic heterocycles. The lowest BCUT2D eigenvalue weighted by Gasteiger charge is -2.03. The van der Waals surface area contributed by atoms with E-state index in [-0.39, 0.29) is 17.6 Å². The molecule has 0 aliphatic rings. The van der Waals surface area contributed by atoms with Crippen molar-refractivity contribution in [2.45, 2.75) is 20.3 Å². The van der Waals surface area contributed by atoms with Crippen LogP contribution in [-0.4, -0.2) is 17.6 Å². The predicted molar refractivity (Wildman–Crippen MR) is 87.2 cm³/mol. The topological polar surface area (TPSA) is 77.5 Å². The number of benzene rings is 1. The summed E-state index contributed by atoms with van der Waals surface area (Å²) >= 11 is 0. The van der Waals surface area contributed by atoms with Gasteiger partial charge in [0.15, 0.2) is 5.76 Å². The van der Waals surface area contributed by atoms with Crippen LogP contribution in [-0.2, 0) is 6.42 Å². The molecule has 0 aliphatic carbocycles. The first kappa shape index (κ1) is 15.9. The quantitative estimate of drug-likeness (QED) is 0.748.